The van der Waals surface area contributed by atoms with Crippen LogP contribution in [0.25, 0.3) is 0 Å². The smallest absolute Gasteiger partial charge is 0.228 e. The molecule has 0 aromatic heterocycles. The Labute approximate surface area is 130 Å². The summed E-state index contributed by atoms with van der Waals surface area (Å²) in [7, 11) is 2.80. The Kier molecular flexibility index (Phi) is 3.50. The second-order valence-electron chi connectivity index (χ2n) is 6.78. The lowest BCUT2D eigenvalue weighted by Gasteiger charge is -2.47. The van der Waals surface area contributed by atoms with Crippen molar-refractivity contribution in [1.82, 2.24) is 0 Å². The van der Waals surface area contributed by atoms with E-state index in [4.69, 9.17) is 9.47 Å². The normalized spacial score (nSPS) is 32.0. The molecule has 4 nitrogen and oxygen atoms in total. The number of carbonyl (C=O) groups excluding carboxylic acids is 2. The average molecular weight is 302 g/mol. The van der Waals surface area contributed by atoms with Crippen LogP contribution < -0.4 is 0 Å². The zero-order chi connectivity index (χ0) is 16.1. The molecule has 4 heteroatoms. The summed E-state index contributed by atoms with van der Waals surface area (Å²) in [5.41, 5.74) is 2.46. The number of allylic oxidation sites excluding steroid dienone is 3. The number of rotatable bonds is 2. The predicted molar refractivity (Wildman–Crippen MR) is 81.9 cm³/mol. The van der Waals surface area contributed by atoms with Crippen LogP contribution in [0.15, 0.2) is 34.8 Å². The number of carbonyl (C=O) groups is 2. The molecular formula is C18H22O4. The van der Waals surface area contributed by atoms with Crippen LogP contribution in [-0.2, 0) is 19.1 Å². The number of hydrogen-bond donors (Lipinski definition) is 0. The van der Waals surface area contributed by atoms with Gasteiger partial charge in [-0.05, 0) is 43.4 Å². The van der Waals surface area contributed by atoms with Crippen molar-refractivity contribution < 1.29 is 19.1 Å². The number of ketones is 2. The Bertz CT molecular complexity index is 637. The molecule has 0 saturated heterocycles. The van der Waals surface area contributed by atoms with Crippen LogP contribution in [0.4, 0.5) is 0 Å². The van der Waals surface area contributed by atoms with Crippen LogP contribution in [0.5, 0.6) is 0 Å². The molecule has 0 spiro atoms. The van der Waals surface area contributed by atoms with E-state index in [0.717, 1.165) is 19.3 Å². The van der Waals surface area contributed by atoms with Crippen LogP contribution in [-0.4, -0.2) is 25.8 Å². The summed E-state index contributed by atoms with van der Waals surface area (Å²) in [5.74, 6) is -0.0302. The van der Waals surface area contributed by atoms with Crippen molar-refractivity contribution in [3.05, 3.63) is 34.8 Å². The van der Waals surface area contributed by atoms with Crippen LogP contribution in [0, 0.1) is 11.3 Å². The van der Waals surface area contributed by atoms with Crippen LogP contribution in [0.2, 0.25) is 0 Å². The van der Waals surface area contributed by atoms with Gasteiger partial charge < -0.3 is 9.47 Å². The van der Waals surface area contributed by atoms with Crippen molar-refractivity contribution in [1.29, 1.82) is 0 Å². The van der Waals surface area contributed by atoms with E-state index in [0.29, 0.717) is 24.0 Å². The van der Waals surface area contributed by atoms with E-state index in [1.165, 1.54) is 19.8 Å². The molecule has 118 valence electrons. The molecule has 0 aromatic carbocycles. The lowest BCUT2D eigenvalue weighted by atomic mass is 9.56. The highest BCUT2D eigenvalue weighted by atomic mass is 16.5. The van der Waals surface area contributed by atoms with Crippen LogP contribution in [0.1, 0.15) is 39.0 Å². The number of methoxy groups -OCH3 is 2. The molecular weight excluding hydrogens is 280 g/mol. The maximum Gasteiger partial charge on any atom is 0.228 e. The van der Waals surface area contributed by atoms with Crippen molar-refractivity contribution in [3.8, 4) is 0 Å². The van der Waals surface area contributed by atoms with Crippen molar-refractivity contribution in [2.75, 3.05) is 14.2 Å². The molecule has 3 aliphatic rings. The van der Waals surface area contributed by atoms with Gasteiger partial charge in [0.2, 0.25) is 23.1 Å². The molecule has 0 N–H and O–H groups in total. The van der Waals surface area contributed by atoms with Gasteiger partial charge in [0.25, 0.3) is 0 Å². The minimum Gasteiger partial charge on any atom is -0.489 e. The first-order valence-electron chi connectivity index (χ1n) is 7.74. The van der Waals surface area contributed by atoms with Crippen molar-refractivity contribution in [2.24, 2.45) is 11.3 Å². The zero-order valence-electron chi connectivity index (χ0n) is 13.5. The molecule has 2 atom stereocenters. The minimum atomic E-state index is -0.200. The first-order valence-corrected chi connectivity index (χ1v) is 7.74. The molecule has 1 fully saturated rings. The molecule has 2 unspecified atom stereocenters. The third-order valence-corrected chi connectivity index (χ3v) is 5.51. The van der Waals surface area contributed by atoms with Gasteiger partial charge >= 0.3 is 0 Å². The summed E-state index contributed by atoms with van der Waals surface area (Å²) in [6.45, 7) is 6.42. The van der Waals surface area contributed by atoms with E-state index in [1.807, 2.05) is 0 Å². The quantitative estimate of drug-likeness (QED) is 0.581. The molecule has 0 aromatic rings. The summed E-state index contributed by atoms with van der Waals surface area (Å²) in [5, 5.41) is 0. The molecule has 0 radical (unpaired) electrons. The highest BCUT2D eigenvalue weighted by Gasteiger charge is 2.49. The predicted octanol–water partition coefficient (Wildman–Crippen LogP) is 3.10. The topological polar surface area (TPSA) is 52.6 Å². The Balaban J connectivity index is 2.07. The zero-order valence-corrected chi connectivity index (χ0v) is 13.5. The van der Waals surface area contributed by atoms with E-state index >= 15 is 0 Å². The number of fused-ring (bicyclic) bond motifs is 1. The third kappa shape index (κ3) is 1.97. The number of ether oxygens (including phenoxy) is 2. The van der Waals surface area contributed by atoms with Gasteiger partial charge in [-0.25, -0.2) is 0 Å². The summed E-state index contributed by atoms with van der Waals surface area (Å²) in [6, 6.07) is 0. The maximum absolute atomic E-state index is 12.7. The van der Waals surface area contributed by atoms with Crippen LogP contribution in [0.3, 0.4) is 0 Å². The molecule has 3 aliphatic carbocycles. The van der Waals surface area contributed by atoms with Gasteiger partial charge in [0.05, 0.1) is 14.2 Å². The van der Waals surface area contributed by atoms with Crippen molar-refractivity contribution in [2.45, 2.75) is 39.0 Å². The van der Waals surface area contributed by atoms with Gasteiger partial charge in [-0.2, -0.15) is 0 Å². The molecule has 22 heavy (non-hydrogen) atoms. The Morgan fingerprint density at radius 1 is 1.09 bits per heavy atom. The molecule has 0 aliphatic heterocycles. The number of hydrogen-bond acceptors (Lipinski definition) is 4. The van der Waals surface area contributed by atoms with Crippen molar-refractivity contribution in [3.63, 3.8) is 0 Å². The first kappa shape index (κ1) is 15.1. The monoisotopic (exact) mass is 302 g/mol. The van der Waals surface area contributed by atoms with E-state index in [2.05, 4.69) is 13.5 Å². The number of Topliss-reactive ketones (excluding diaryl/α,β-unsaturated/α-hetero) is 2. The highest BCUT2D eigenvalue weighted by Crippen LogP contribution is 2.55. The highest BCUT2D eigenvalue weighted by molar-refractivity contribution is 6.23. The van der Waals surface area contributed by atoms with Gasteiger partial charge in [-0.3, -0.25) is 9.59 Å². The Morgan fingerprint density at radius 2 is 1.68 bits per heavy atom. The summed E-state index contributed by atoms with van der Waals surface area (Å²) in [4.78, 5) is 25.4. The fourth-order valence-corrected chi connectivity index (χ4v) is 4.30. The summed E-state index contributed by atoms with van der Waals surface area (Å²) >= 11 is 0. The first-order chi connectivity index (χ1) is 10.4. The molecule has 1 saturated carbocycles. The minimum absolute atomic E-state index is 0.0214. The van der Waals surface area contributed by atoms with E-state index in [-0.39, 0.29) is 34.4 Å². The average Bonchev–Trinajstić information content (AvgIpc) is 2.49. The Hall–Kier alpha value is -1.84. The Morgan fingerprint density at radius 3 is 2.27 bits per heavy atom. The van der Waals surface area contributed by atoms with Crippen molar-refractivity contribution >= 4 is 11.6 Å². The lowest BCUT2D eigenvalue weighted by molar-refractivity contribution is -0.122. The lowest BCUT2D eigenvalue weighted by Crippen LogP contribution is -2.41. The van der Waals surface area contributed by atoms with Gasteiger partial charge in [-0.15, -0.1) is 0 Å². The van der Waals surface area contributed by atoms with E-state index < -0.39 is 0 Å². The summed E-state index contributed by atoms with van der Waals surface area (Å²) < 4.78 is 10.3. The molecule has 0 heterocycles. The summed E-state index contributed by atoms with van der Waals surface area (Å²) in [6.07, 6.45) is 4.41. The second kappa shape index (κ2) is 5.11. The van der Waals surface area contributed by atoms with Gasteiger partial charge in [0.1, 0.15) is 0 Å². The fourth-order valence-electron chi connectivity index (χ4n) is 4.30. The molecule has 3 rings (SSSR count). The second-order valence-corrected chi connectivity index (χ2v) is 6.78. The van der Waals surface area contributed by atoms with E-state index in [1.54, 1.807) is 0 Å². The SMILES string of the molecule is C=C1CCCC2(C)CC3=C(CC12)C(=O)C(OC)=C(OC)C3=O. The molecule has 0 amide bonds. The van der Waals surface area contributed by atoms with E-state index in [9.17, 15) is 9.59 Å². The van der Waals surface area contributed by atoms with Crippen LogP contribution >= 0.6 is 0 Å². The fraction of sp³-hybridized carbons (Fsp3) is 0.556. The largest absolute Gasteiger partial charge is 0.489 e. The van der Waals surface area contributed by atoms with Gasteiger partial charge in [0.15, 0.2) is 0 Å². The maximum atomic E-state index is 12.7. The third-order valence-electron chi connectivity index (χ3n) is 5.51. The molecule has 0 bridgehead atoms. The standard InChI is InChI=1S/C18H22O4/c1-10-6-5-7-18(2)9-12-11(8-13(10)18)14(19)16(21-3)17(22-4)15(12)20/h13H,1,5-9H2,2-4H3. The van der Waals surface area contributed by atoms with Gasteiger partial charge in [-0.1, -0.05) is 19.1 Å². The van der Waals surface area contributed by atoms with Gasteiger partial charge in [0, 0.05) is 11.1 Å².